The van der Waals surface area contributed by atoms with Crippen LogP contribution in [0.4, 0.5) is 0 Å². The fourth-order valence-electron chi connectivity index (χ4n) is 2.51. The lowest BCUT2D eigenvalue weighted by molar-refractivity contribution is -0.133. The molecule has 1 aromatic carbocycles. The van der Waals surface area contributed by atoms with Crippen LogP contribution in [0, 0.1) is 0 Å². The van der Waals surface area contributed by atoms with Gasteiger partial charge in [0.25, 0.3) is 0 Å². The topological polar surface area (TPSA) is 66.0 Å². The third kappa shape index (κ3) is 3.62. The summed E-state index contributed by atoms with van der Waals surface area (Å²) in [5.74, 6) is -0.733. The molecule has 2 N–H and O–H groups in total. The van der Waals surface area contributed by atoms with Gasteiger partial charge < -0.3 is 10.1 Å². The van der Waals surface area contributed by atoms with Gasteiger partial charge in [-0.25, -0.2) is 0 Å². The minimum Gasteiger partial charge on any atom is -0.481 e. The molecule has 5 heteroatoms. The van der Waals surface area contributed by atoms with Crippen LogP contribution in [0.25, 0.3) is 22.2 Å². The van der Waals surface area contributed by atoms with Crippen LogP contribution >= 0.6 is 11.8 Å². The molecule has 0 spiro atoms. The average molecular weight is 340 g/mol. The molecule has 0 aliphatic carbocycles. The maximum Gasteiger partial charge on any atom is 0.313 e. The highest BCUT2D eigenvalue weighted by atomic mass is 32.2. The Morgan fingerprint density at radius 2 is 2.00 bits per heavy atom. The maximum absolute atomic E-state index is 10.7. The molecule has 3 rings (SSSR count). The van der Waals surface area contributed by atoms with E-state index in [2.05, 4.69) is 42.9 Å². The Morgan fingerprint density at radius 3 is 2.71 bits per heavy atom. The number of pyridine rings is 1. The number of benzene rings is 1. The standard InChI is InChI=1S/C19H20N2O2S/c1-19(2,3)17-10-12(6-7-20-17)16-9-13-8-14(24-11-18(22)23)4-5-15(13)21-16/h4-10,21H,11H2,1-3H3,(H,22,23). The van der Waals surface area contributed by atoms with Crippen molar-refractivity contribution in [2.75, 3.05) is 5.75 Å². The van der Waals surface area contributed by atoms with Gasteiger partial charge in [0.15, 0.2) is 0 Å². The normalized spacial score (nSPS) is 11.8. The second kappa shape index (κ2) is 6.32. The first kappa shape index (κ1) is 16.6. The number of carboxylic acids is 1. The van der Waals surface area contributed by atoms with E-state index in [4.69, 9.17) is 5.11 Å². The van der Waals surface area contributed by atoms with E-state index >= 15 is 0 Å². The Kier molecular flexibility index (Phi) is 4.37. The Bertz CT molecular complexity index is 894. The summed E-state index contributed by atoms with van der Waals surface area (Å²) in [5, 5.41) is 9.88. The zero-order valence-electron chi connectivity index (χ0n) is 14.0. The molecule has 0 unspecified atom stereocenters. The van der Waals surface area contributed by atoms with Crippen LogP contribution in [0.3, 0.4) is 0 Å². The first-order valence-corrected chi connectivity index (χ1v) is 8.76. The van der Waals surface area contributed by atoms with Gasteiger partial charge in [-0.15, -0.1) is 11.8 Å². The zero-order valence-corrected chi connectivity index (χ0v) is 14.8. The summed E-state index contributed by atoms with van der Waals surface area (Å²) in [6.45, 7) is 6.45. The molecule has 24 heavy (non-hydrogen) atoms. The summed E-state index contributed by atoms with van der Waals surface area (Å²) in [7, 11) is 0. The van der Waals surface area contributed by atoms with Gasteiger partial charge >= 0.3 is 5.97 Å². The Balaban J connectivity index is 1.95. The van der Waals surface area contributed by atoms with Gasteiger partial charge in [0.1, 0.15) is 0 Å². The summed E-state index contributed by atoms with van der Waals surface area (Å²) >= 11 is 1.33. The molecular weight excluding hydrogens is 320 g/mol. The third-order valence-corrected chi connectivity index (χ3v) is 4.77. The first-order valence-electron chi connectivity index (χ1n) is 7.77. The minimum absolute atomic E-state index is 0.00265. The number of rotatable bonds is 4. The Hall–Kier alpha value is -2.27. The lowest BCUT2D eigenvalue weighted by Crippen LogP contribution is -2.13. The molecule has 0 bridgehead atoms. The van der Waals surface area contributed by atoms with Crippen molar-refractivity contribution in [1.29, 1.82) is 0 Å². The third-order valence-electron chi connectivity index (χ3n) is 3.79. The second-order valence-electron chi connectivity index (χ2n) is 6.79. The average Bonchev–Trinajstić information content (AvgIpc) is 2.95. The van der Waals surface area contributed by atoms with E-state index in [1.165, 1.54) is 11.8 Å². The molecule has 0 saturated carbocycles. The van der Waals surface area contributed by atoms with Gasteiger partial charge in [-0.05, 0) is 36.4 Å². The van der Waals surface area contributed by atoms with E-state index < -0.39 is 5.97 Å². The van der Waals surface area contributed by atoms with Crippen molar-refractivity contribution in [3.8, 4) is 11.3 Å². The molecule has 124 valence electrons. The van der Waals surface area contributed by atoms with Crippen LogP contribution in [0.2, 0.25) is 0 Å². The number of carboxylic acid groups (broad SMARTS) is 1. The molecule has 4 nitrogen and oxygen atoms in total. The number of hydrogen-bond acceptors (Lipinski definition) is 3. The number of thioether (sulfide) groups is 1. The predicted molar refractivity (Wildman–Crippen MR) is 98.6 cm³/mol. The number of nitrogens with one attached hydrogen (secondary N) is 1. The van der Waals surface area contributed by atoms with Crippen molar-refractivity contribution in [3.63, 3.8) is 0 Å². The SMILES string of the molecule is CC(C)(C)c1cc(-c2cc3cc(SCC(=O)O)ccc3[nH]2)ccn1. The Morgan fingerprint density at radius 1 is 1.21 bits per heavy atom. The van der Waals surface area contributed by atoms with Gasteiger partial charge in [0, 0.05) is 44.4 Å². The molecule has 0 fully saturated rings. The van der Waals surface area contributed by atoms with Gasteiger partial charge in [0.05, 0.1) is 5.75 Å². The number of hydrogen-bond donors (Lipinski definition) is 2. The van der Waals surface area contributed by atoms with E-state index in [0.717, 1.165) is 32.7 Å². The van der Waals surface area contributed by atoms with Gasteiger partial charge in [-0.2, -0.15) is 0 Å². The lowest BCUT2D eigenvalue weighted by atomic mass is 9.90. The van der Waals surface area contributed by atoms with Crippen molar-refractivity contribution >= 4 is 28.6 Å². The first-order chi connectivity index (χ1) is 11.3. The molecule has 0 radical (unpaired) electrons. The van der Waals surface area contributed by atoms with Crippen molar-refractivity contribution in [2.45, 2.75) is 31.1 Å². The number of aliphatic carboxylic acids is 1. The highest BCUT2D eigenvalue weighted by molar-refractivity contribution is 8.00. The van der Waals surface area contributed by atoms with E-state index in [1.54, 1.807) is 0 Å². The second-order valence-corrected chi connectivity index (χ2v) is 7.84. The molecular formula is C19H20N2O2S. The van der Waals surface area contributed by atoms with Gasteiger partial charge in [-0.3, -0.25) is 9.78 Å². The number of aromatic amines is 1. The van der Waals surface area contributed by atoms with E-state index in [0.29, 0.717) is 0 Å². The molecule has 3 aromatic rings. The van der Waals surface area contributed by atoms with Crippen molar-refractivity contribution in [3.05, 3.63) is 48.3 Å². The van der Waals surface area contributed by atoms with E-state index in [1.807, 2.05) is 30.5 Å². The van der Waals surface area contributed by atoms with Crippen LogP contribution in [0.1, 0.15) is 26.5 Å². The number of nitrogens with zero attached hydrogens (tertiary/aromatic N) is 1. The molecule has 2 heterocycles. The van der Waals surface area contributed by atoms with E-state index in [9.17, 15) is 4.79 Å². The van der Waals surface area contributed by atoms with Gasteiger partial charge in [0.2, 0.25) is 0 Å². The number of aromatic nitrogens is 2. The largest absolute Gasteiger partial charge is 0.481 e. The number of carbonyl (C=O) groups is 1. The zero-order chi connectivity index (χ0) is 17.3. The van der Waals surface area contributed by atoms with Crippen LogP contribution in [0.15, 0.2) is 47.5 Å². The summed E-state index contributed by atoms with van der Waals surface area (Å²) in [4.78, 5) is 19.6. The van der Waals surface area contributed by atoms with Crippen LogP contribution < -0.4 is 0 Å². The molecule has 0 saturated heterocycles. The summed E-state index contributed by atoms with van der Waals surface area (Å²) in [5.41, 5.74) is 4.24. The smallest absolute Gasteiger partial charge is 0.313 e. The predicted octanol–water partition coefficient (Wildman–Crippen LogP) is 4.70. The fourth-order valence-corrected chi connectivity index (χ4v) is 3.17. The lowest BCUT2D eigenvalue weighted by Gasteiger charge is -2.17. The highest BCUT2D eigenvalue weighted by Gasteiger charge is 2.16. The minimum atomic E-state index is -0.804. The molecule has 0 atom stereocenters. The Labute approximate surface area is 145 Å². The van der Waals surface area contributed by atoms with Crippen molar-refractivity contribution in [1.82, 2.24) is 9.97 Å². The monoisotopic (exact) mass is 340 g/mol. The highest BCUT2D eigenvalue weighted by Crippen LogP contribution is 2.30. The number of fused-ring (bicyclic) bond motifs is 1. The van der Waals surface area contributed by atoms with Crippen LogP contribution in [-0.2, 0) is 10.2 Å². The van der Waals surface area contributed by atoms with Crippen molar-refractivity contribution in [2.24, 2.45) is 0 Å². The molecule has 2 aromatic heterocycles. The van der Waals surface area contributed by atoms with E-state index in [-0.39, 0.29) is 11.2 Å². The van der Waals surface area contributed by atoms with Crippen LogP contribution in [0.5, 0.6) is 0 Å². The molecule has 0 aliphatic rings. The van der Waals surface area contributed by atoms with Crippen LogP contribution in [-0.4, -0.2) is 26.8 Å². The summed E-state index contributed by atoms with van der Waals surface area (Å²) < 4.78 is 0. The summed E-state index contributed by atoms with van der Waals surface area (Å²) in [6.07, 6.45) is 1.84. The maximum atomic E-state index is 10.7. The fraction of sp³-hybridized carbons (Fsp3) is 0.263. The summed E-state index contributed by atoms with van der Waals surface area (Å²) in [6, 6.07) is 12.2. The molecule has 0 aliphatic heterocycles. The number of H-pyrrole nitrogens is 1. The van der Waals surface area contributed by atoms with Gasteiger partial charge in [-0.1, -0.05) is 20.8 Å². The quantitative estimate of drug-likeness (QED) is 0.675. The van der Waals surface area contributed by atoms with Crippen molar-refractivity contribution < 1.29 is 9.90 Å². The molecule has 0 amide bonds.